The minimum absolute atomic E-state index is 0.343. The molecule has 1 aliphatic carbocycles. The highest BCUT2D eigenvalue weighted by atomic mass is 16.4. The van der Waals surface area contributed by atoms with Gasteiger partial charge in [0.2, 0.25) is 0 Å². The van der Waals surface area contributed by atoms with Gasteiger partial charge in [-0.15, -0.1) is 0 Å². The molecule has 1 N–H and O–H groups in total. The number of hydrogen-bond acceptors (Lipinski definition) is 3. The first-order valence-electron chi connectivity index (χ1n) is 6.13. The van der Waals surface area contributed by atoms with Crippen molar-refractivity contribution in [3.63, 3.8) is 0 Å². The van der Waals surface area contributed by atoms with Crippen molar-refractivity contribution in [2.45, 2.75) is 31.8 Å². The maximum absolute atomic E-state index is 11.1. The van der Waals surface area contributed by atoms with E-state index in [2.05, 4.69) is 10.00 Å². The highest BCUT2D eigenvalue weighted by Crippen LogP contribution is 2.38. The molecule has 5 nitrogen and oxygen atoms in total. The number of hydrogen-bond donors (Lipinski definition) is 1. The van der Waals surface area contributed by atoms with Gasteiger partial charge in [-0.3, -0.25) is 9.58 Å². The van der Waals surface area contributed by atoms with E-state index in [1.165, 1.54) is 25.5 Å². The first-order valence-corrected chi connectivity index (χ1v) is 6.13. The van der Waals surface area contributed by atoms with E-state index in [9.17, 15) is 4.79 Å². The Morgan fingerprint density at radius 2 is 2.41 bits per heavy atom. The fraction of sp³-hybridized carbons (Fsp3) is 0.667. The molecule has 3 rings (SSSR count). The van der Waals surface area contributed by atoms with Crippen LogP contribution in [0.5, 0.6) is 0 Å². The molecule has 5 heteroatoms. The van der Waals surface area contributed by atoms with E-state index in [0.29, 0.717) is 11.6 Å². The van der Waals surface area contributed by atoms with Gasteiger partial charge in [-0.05, 0) is 25.2 Å². The Balaban J connectivity index is 1.81. The molecule has 1 saturated heterocycles. The smallest absolute Gasteiger partial charge is 0.339 e. The van der Waals surface area contributed by atoms with Gasteiger partial charge in [-0.25, -0.2) is 4.79 Å². The van der Waals surface area contributed by atoms with E-state index in [4.69, 9.17) is 5.11 Å². The first-order chi connectivity index (χ1) is 8.15. The van der Waals surface area contributed by atoms with Crippen LogP contribution in [0.2, 0.25) is 0 Å². The van der Waals surface area contributed by atoms with Gasteiger partial charge in [0.15, 0.2) is 0 Å². The molecule has 1 saturated carbocycles. The number of carboxylic acid groups (broad SMARTS) is 1. The van der Waals surface area contributed by atoms with Crippen molar-refractivity contribution < 1.29 is 9.90 Å². The second kappa shape index (κ2) is 3.84. The number of likely N-dealkylation sites (tertiary alicyclic amines) is 1. The van der Waals surface area contributed by atoms with E-state index >= 15 is 0 Å². The van der Waals surface area contributed by atoms with Crippen molar-refractivity contribution in [1.82, 2.24) is 14.7 Å². The maximum Gasteiger partial charge on any atom is 0.339 e. The molecule has 2 fully saturated rings. The van der Waals surface area contributed by atoms with Crippen molar-refractivity contribution in [3.05, 3.63) is 17.5 Å². The summed E-state index contributed by atoms with van der Waals surface area (Å²) >= 11 is 0. The predicted molar refractivity (Wildman–Crippen MR) is 61.7 cm³/mol. The van der Waals surface area contributed by atoms with E-state index in [1.54, 1.807) is 4.68 Å². The third-order valence-corrected chi connectivity index (χ3v) is 4.17. The van der Waals surface area contributed by atoms with Gasteiger partial charge < -0.3 is 5.11 Å². The number of carbonyl (C=O) groups is 1. The van der Waals surface area contributed by atoms with Gasteiger partial charge in [-0.1, -0.05) is 0 Å². The van der Waals surface area contributed by atoms with Crippen LogP contribution < -0.4 is 0 Å². The lowest BCUT2D eigenvalue weighted by Crippen LogP contribution is -2.32. The molecule has 1 aliphatic heterocycles. The third-order valence-electron chi connectivity index (χ3n) is 4.17. The number of carboxylic acids is 1. The second-order valence-electron chi connectivity index (χ2n) is 5.20. The quantitative estimate of drug-likeness (QED) is 0.852. The molecule has 1 aromatic heterocycles. The molecule has 2 heterocycles. The standard InChI is InChI=1S/C12H17N3O2/c1-14-11(10(5-13-14)12(16)17)7-15-6-8-2-3-9(15)4-8/h5,8-9H,2-4,6-7H2,1H3,(H,16,17). The number of piperidine rings is 1. The van der Waals surface area contributed by atoms with E-state index < -0.39 is 5.97 Å². The summed E-state index contributed by atoms with van der Waals surface area (Å²) < 4.78 is 1.69. The summed E-state index contributed by atoms with van der Waals surface area (Å²) in [4.78, 5) is 13.5. The Bertz CT molecular complexity index is 455. The average Bonchev–Trinajstić information content (AvgIpc) is 2.95. The molecule has 0 aromatic carbocycles. The molecule has 17 heavy (non-hydrogen) atoms. The van der Waals surface area contributed by atoms with Crippen molar-refractivity contribution in [2.24, 2.45) is 13.0 Å². The molecule has 0 radical (unpaired) electrons. The summed E-state index contributed by atoms with van der Waals surface area (Å²) in [6.07, 6.45) is 5.36. The molecule has 92 valence electrons. The van der Waals surface area contributed by atoms with Crippen LogP contribution in [0.3, 0.4) is 0 Å². The number of aromatic carboxylic acids is 1. The van der Waals surface area contributed by atoms with Crippen LogP contribution in [0.1, 0.15) is 35.3 Å². The Kier molecular flexibility index (Phi) is 2.43. The van der Waals surface area contributed by atoms with Crippen LogP contribution in [0.15, 0.2) is 6.20 Å². The molecular weight excluding hydrogens is 218 g/mol. The predicted octanol–water partition coefficient (Wildman–Crippen LogP) is 1.10. The monoisotopic (exact) mass is 235 g/mol. The van der Waals surface area contributed by atoms with Crippen molar-refractivity contribution in [2.75, 3.05) is 6.54 Å². The zero-order valence-electron chi connectivity index (χ0n) is 9.96. The number of fused-ring (bicyclic) bond motifs is 2. The largest absolute Gasteiger partial charge is 0.478 e. The molecule has 2 atom stereocenters. The lowest BCUT2D eigenvalue weighted by molar-refractivity contribution is 0.0693. The Labute approximate surface area is 100 Å². The Hall–Kier alpha value is -1.36. The molecular formula is C12H17N3O2. The summed E-state index contributed by atoms with van der Waals surface area (Å²) in [5, 5.41) is 13.2. The number of aromatic nitrogens is 2. The summed E-state index contributed by atoms with van der Waals surface area (Å²) in [5.74, 6) is -0.0426. The molecule has 1 aromatic rings. The third kappa shape index (κ3) is 1.74. The molecule has 2 bridgehead atoms. The van der Waals surface area contributed by atoms with Crippen LogP contribution in [0, 0.1) is 5.92 Å². The first kappa shape index (κ1) is 10.8. The van der Waals surface area contributed by atoms with Gasteiger partial charge in [0, 0.05) is 26.2 Å². The fourth-order valence-corrected chi connectivity index (χ4v) is 3.24. The van der Waals surface area contributed by atoms with Crippen LogP contribution in [-0.4, -0.2) is 38.3 Å². The second-order valence-corrected chi connectivity index (χ2v) is 5.20. The molecule has 0 amide bonds. The van der Waals surface area contributed by atoms with Crippen LogP contribution >= 0.6 is 0 Å². The number of nitrogens with zero attached hydrogens (tertiary/aromatic N) is 3. The van der Waals surface area contributed by atoms with Gasteiger partial charge in [0.05, 0.1) is 11.9 Å². The maximum atomic E-state index is 11.1. The average molecular weight is 235 g/mol. The normalized spacial score (nSPS) is 27.8. The summed E-state index contributed by atoms with van der Waals surface area (Å²) in [7, 11) is 1.82. The fourth-order valence-electron chi connectivity index (χ4n) is 3.24. The van der Waals surface area contributed by atoms with Crippen LogP contribution in [0.4, 0.5) is 0 Å². The molecule has 0 spiro atoms. The van der Waals surface area contributed by atoms with Gasteiger partial charge >= 0.3 is 5.97 Å². The Morgan fingerprint density at radius 1 is 1.59 bits per heavy atom. The lowest BCUT2D eigenvalue weighted by Gasteiger charge is -2.26. The number of aryl methyl sites for hydroxylation is 1. The Morgan fingerprint density at radius 3 is 3.00 bits per heavy atom. The minimum atomic E-state index is -0.877. The highest BCUT2D eigenvalue weighted by molar-refractivity contribution is 5.88. The zero-order valence-corrected chi connectivity index (χ0v) is 9.96. The SMILES string of the molecule is Cn1ncc(C(=O)O)c1CN1CC2CCC1C2. The number of rotatable bonds is 3. The van der Waals surface area contributed by atoms with Gasteiger partial charge in [0.25, 0.3) is 0 Å². The van der Waals surface area contributed by atoms with Crippen molar-refractivity contribution in [1.29, 1.82) is 0 Å². The summed E-state index contributed by atoms with van der Waals surface area (Å²) in [6.45, 7) is 1.84. The molecule has 2 aliphatic rings. The van der Waals surface area contributed by atoms with Crippen LogP contribution in [0.25, 0.3) is 0 Å². The van der Waals surface area contributed by atoms with Crippen LogP contribution in [-0.2, 0) is 13.6 Å². The summed E-state index contributed by atoms with van der Waals surface area (Å²) in [5.41, 5.74) is 1.17. The zero-order chi connectivity index (χ0) is 12.0. The van der Waals surface area contributed by atoms with E-state index in [-0.39, 0.29) is 0 Å². The van der Waals surface area contributed by atoms with Gasteiger partial charge in [0.1, 0.15) is 5.56 Å². The van der Waals surface area contributed by atoms with Crippen molar-refractivity contribution in [3.8, 4) is 0 Å². The van der Waals surface area contributed by atoms with E-state index in [1.807, 2.05) is 7.05 Å². The van der Waals surface area contributed by atoms with E-state index in [0.717, 1.165) is 24.7 Å². The summed E-state index contributed by atoms with van der Waals surface area (Å²) in [6, 6.07) is 0.663. The van der Waals surface area contributed by atoms with Gasteiger partial charge in [-0.2, -0.15) is 5.10 Å². The highest BCUT2D eigenvalue weighted by Gasteiger charge is 2.38. The van der Waals surface area contributed by atoms with Crippen molar-refractivity contribution >= 4 is 5.97 Å². The topological polar surface area (TPSA) is 58.4 Å². The lowest BCUT2D eigenvalue weighted by atomic mass is 10.1. The minimum Gasteiger partial charge on any atom is -0.478 e. The molecule has 2 unspecified atom stereocenters.